The zero-order valence-electron chi connectivity index (χ0n) is 12.9. The number of allylic oxidation sites excluding steroid dienone is 4. The number of rotatable bonds is 1. The van der Waals surface area contributed by atoms with Crippen LogP contribution in [0.15, 0.2) is 65.3 Å². The van der Waals surface area contributed by atoms with Crippen molar-refractivity contribution in [2.24, 2.45) is 5.41 Å². The Morgan fingerprint density at radius 1 is 0.909 bits per heavy atom. The molecule has 22 heavy (non-hydrogen) atoms. The SMILES string of the molecule is CC1(C)C2=[C-]CC(C3c4ccccc4-c4ccccc43)=C21.[Zr]. The molecule has 3 aliphatic carbocycles. The third-order valence-corrected chi connectivity index (χ3v) is 5.40. The fourth-order valence-corrected chi connectivity index (χ4v) is 4.39. The molecule has 1 heteroatoms. The van der Waals surface area contributed by atoms with E-state index in [1.807, 2.05) is 0 Å². The van der Waals surface area contributed by atoms with E-state index >= 15 is 0 Å². The molecule has 0 N–H and O–H groups in total. The molecule has 5 rings (SSSR count). The summed E-state index contributed by atoms with van der Waals surface area (Å²) in [6.45, 7) is 4.66. The van der Waals surface area contributed by atoms with Gasteiger partial charge in [0.25, 0.3) is 0 Å². The van der Waals surface area contributed by atoms with Crippen LogP contribution in [0.25, 0.3) is 11.1 Å². The van der Waals surface area contributed by atoms with E-state index in [2.05, 4.69) is 68.5 Å². The molecular weight excluding hydrogens is 343 g/mol. The van der Waals surface area contributed by atoms with Gasteiger partial charge in [-0.25, -0.2) is 5.57 Å². The zero-order valence-corrected chi connectivity index (χ0v) is 15.4. The van der Waals surface area contributed by atoms with Crippen LogP contribution >= 0.6 is 0 Å². The van der Waals surface area contributed by atoms with Crippen molar-refractivity contribution in [2.45, 2.75) is 26.2 Å². The second kappa shape index (κ2) is 4.65. The standard InChI is InChI=1S/C21H17.Zr/c1-21(2)18-12-11-17(20(18)21)19-15-9-5-3-7-13(15)14-8-4-6-10-16(14)19;/h3-10,19H,11H2,1-2H3;/q-1;. The fourth-order valence-electron chi connectivity index (χ4n) is 4.39. The molecule has 0 unspecified atom stereocenters. The predicted octanol–water partition coefficient (Wildman–Crippen LogP) is 5.27. The third kappa shape index (κ3) is 1.67. The fraction of sp³-hybridized carbons (Fsp3) is 0.238. The maximum Gasteiger partial charge on any atom is 0.0144 e. The van der Waals surface area contributed by atoms with E-state index in [1.54, 1.807) is 11.1 Å². The van der Waals surface area contributed by atoms with Gasteiger partial charge in [0.1, 0.15) is 0 Å². The first kappa shape index (κ1) is 14.4. The van der Waals surface area contributed by atoms with Crippen LogP contribution in [0.3, 0.4) is 0 Å². The van der Waals surface area contributed by atoms with Crippen LogP contribution in [0.4, 0.5) is 0 Å². The summed E-state index contributed by atoms with van der Waals surface area (Å²) < 4.78 is 0. The van der Waals surface area contributed by atoms with Crippen molar-refractivity contribution in [2.75, 3.05) is 0 Å². The minimum atomic E-state index is 0. The first-order valence-corrected chi connectivity index (χ1v) is 7.73. The summed E-state index contributed by atoms with van der Waals surface area (Å²) in [6.07, 6.45) is 4.63. The first-order valence-electron chi connectivity index (χ1n) is 7.73. The van der Waals surface area contributed by atoms with Gasteiger partial charge in [-0.15, -0.1) is 12.0 Å². The Labute approximate surface area is 151 Å². The van der Waals surface area contributed by atoms with Gasteiger partial charge in [-0.1, -0.05) is 67.8 Å². The molecule has 2 aromatic rings. The maximum atomic E-state index is 3.62. The molecule has 1 saturated carbocycles. The average molecular weight is 361 g/mol. The largest absolute Gasteiger partial charge is 0.270 e. The van der Waals surface area contributed by atoms with Gasteiger partial charge in [-0.05, 0) is 22.3 Å². The molecule has 0 spiro atoms. The van der Waals surface area contributed by atoms with E-state index in [9.17, 15) is 0 Å². The van der Waals surface area contributed by atoms with Gasteiger partial charge < -0.3 is 0 Å². The van der Waals surface area contributed by atoms with Crippen molar-refractivity contribution in [3.8, 4) is 11.1 Å². The summed E-state index contributed by atoms with van der Waals surface area (Å²) in [5, 5.41) is 0. The van der Waals surface area contributed by atoms with E-state index in [0.29, 0.717) is 5.92 Å². The Balaban J connectivity index is 0.00000125. The normalized spacial score (nSPS) is 20.0. The average Bonchev–Trinajstić information content (AvgIpc) is 2.87. The molecule has 0 heterocycles. The van der Waals surface area contributed by atoms with Crippen LogP contribution in [0.1, 0.15) is 37.3 Å². The monoisotopic (exact) mass is 359 g/mol. The van der Waals surface area contributed by atoms with Crippen molar-refractivity contribution < 1.29 is 26.2 Å². The van der Waals surface area contributed by atoms with E-state index in [1.165, 1.54) is 27.8 Å². The van der Waals surface area contributed by atoms with Crippen LogP contribution in [0.5, 0.6) is 0 Å². The molecule has 0 aromatic heterocycles. The minimum Gasteiger partial charge on any atom is -0.270 e. The summed E-state index contributed by atoms with van der Waals surface area (Å²) >= 11 is 0. The maximum absolute atomic E-state index is 3.62. The van der Waals surface area contributed by atoms with Gasteiger partial charge in [0.15, 0.2) is 0 Å². The second-order valence-electron chi connectivity index (χ2n) is 6.86. The summed E-state index contributed by atoms with van der Waals surface area (Å²) in [5.74, 6) is 0.444. The predicted molar refractivity (Wildman–Crippen MR) is 85.9 cm³/mol. The summed E-state index contributed by atoms with van der Waals surface area (Å²) in [7, 11) is 0. The molecule has 0 radical (unpaired) electrons. The smallest absolute Gasteiger partial charge is 0.0144 e. The van der Waals surface area contributed by atoms with Gasteiger partial charge in [-0.3, -0.25) is 6.08 Å². The Bertz CT molecular complexity index is 806. The van der Waals surface area contributed by atoms with Crippen LogP contribution < -0.4 is 0 Å². The Morgan fingerprint density at radius 2 is 1.45 bits per heavy atom. The van der Waals surface area contributed by atoms with E-state index in [0.717, 1.165) is 6.42 Å². The van der Waals surface area contributed by atoms with Gasteiger partial charge in [0.2, 0.25) is 0 Å². The number of fused-ring (bicyclic) bond motifs is 4. The zero-order chi connectivity index (χ0) is 14.2. The van der Waals surface area contributed by atoms with Crippen molar-refractivity contribution in [3.63, 3.8) is 0 Å². The summed E-state index contributed by atoms with van der Waals surface area (Å²) in [4.78, 5) is 0. The molecule has 0 atom stereocenters. The van der Waals surface area contributed by atoms with Gasteiger partial charge in [-0.2, -0.15) is 5.57 Å². The summed E-state index contributed by atoms with van der Waals surface area (Å²) in [6, 6.07) is 17.8. The molecule has 1 fully saturated rings. The van der Waals surface area contributed by atoms with Crippen molar-refractivity contribution in [3.05, 3.63) is 82.5 Å². The van der Waals surface area contributed by atoms with Crippen molar-refractivity contribution in [1.29, 1.82) is 0 Å². The molecule has 0 aliphatic heterocycles. The van der Waals surface area contributed by atoms with Gasteiger partial charge in [0, 0.05) is 32.1 Å². The van der Waals surface area contributed by atoms with Crippen molar-refractivity contribution in [1.82, 2.24) is 0 Å². The molecule has 0 saturated heterocycles. The number of hydrogen-bond donors (Lipinski definition) is 0. The van der Waals surface area contributed by atoms with Crippen LogP contribution in [-0.2, 0) is 26.2 Å². The van der Waals surface area contributed by atoms with E-state index < -0.39 is 0 Å². The van der Waals surface area contributed by atoms with Gasteiger partial charge >= 0.3 is 0 Å². The van der Waals surface area contributed by atoms with E-state index in [-0.39, 0.29) is 31.6 Å². The number of benzene rings is 2. The molecule has 0 bridgehead atoms. The molecule has 3 aliphatic rings. The van der Waals surface area contributed by atoms with E-state index in [4.69, 9.17) is 0 Å². The number of hydrogen-bond acceptors (Lipinski definition) is 0. The quantitative estimate of drug-likeness (QED) is 0.608. The minimum absolute atomic E-state index is 0. The van der Waals surface area contributed by atoms with Crippen LogP contribution in [-0.4, -0.2) is 0 Å². The second-order valence-corrected chi connectivity index (χ2v) is 6.86. The molecule has 106 valence electrons. The molecule has 0 nitrogen and oxygen atoms in total. The topological polar surface area (TPSA) is 0 Å². The van der Waals surface area contributed by atoms with Crippen LogP contribution in [0.2, 0.25) is 0 Å². The first-order chi connectivity index (χ1) is 10.2. The molecule has 2 aromatic carbocycles. The summed E-state index contributed by atoms with van der Waals surface area (Å²) in [5.41, 5.74) is 10.7. The Kier molecular flexibility index (Phi) is 3.04. The Morgan fingerprint density at radius 3 is 1.95 bits per heavy atom. The van der Waals surface area contributed by atoms with Crippen LogP contribution in [0, 0.1) is 11.5 Å². The molecular formula is C21H17Zr-. The van der Waals surface area contributed by atoms with Gasteiger partial charge in [0.05, 0.1) is 0 Å². The third-order valence-electron chi connectivity index (χ3n) is 5.40. The van der Waals surface area contributed by atoms with Crippen molar-refractivity contribution >= 4 is 0 Å². The molecule has 0 amide bonds. The Hall–Kier alpha value is -1.20.